The maximum Gasteiger partial charge on any atom is 0.401 e. The van der Waals surface area contributed by atoms with Crippen LogP contribution in [0.1, 0.15) is 5.56 Å². The van der Waals surface area contributed by atoms with E-state index in [4.69, 9.17) is 9.47 Å². The van der Waals surface area contributed by atoms with E-state index >= 15 is 0 Å². The van der Waals surface area contributed by atoms with E-state index in [1.165, 1.54) is 11.9 Å². The zero-order valence-corrected chi connectivity index (χ0v) is 16.6. The van der Waals surface area contributed by atoms with Gasteiger partial charge in [-0.3, -0.25) is 9.89 Å². The van der Waals surface area contributed by atoms with E-state index in [0.29, 0.717) is 30.5 Å². The van der Waals surface area contributed by atoms with Crippen LogP contribution in [0, 0.1) is 0 Å². The number of benzene rings is 1. The summed E-state index contributed by atoms with van der Waals surface area (Å²) in [6.07, 6.45) is -3.43. The van der Waals surface area contributed by atoms with Crippen LogP contribution in [0.5, 0.6) is 11.5 Å². The standard InChI is InChI=1S/C18H29F3N4O2/c1-22-17(23-9-11-24(2)13-18(19,20)21)25(3)10-8-14-6-7-15(26-4)16(12-14)27-5/h6-7,12H,8-11,13H2,1-5H3,(H,22,23). The lowest BCUT2D eigenvalue weighted by Gasteiger charge is -2.24. The van der Waals surface area contributed by atoms with Crippen molar-refractivity contribution < 1.29 is 22.6 Å². The molecule has 0 saturated carbocycles. The van der Waals surface area contributed by atoms with Gasteiger partial charge in [0.1, 0.15) is 0 Å². The topological polar surface area (TPSA) is 49.3 Å². The highest BCUT2D eigenvalue weighted by Crippen LogP contribution is 2.27. The molecule has 1 N–H and O–H groups in total. The number of methoxy groups -OCH3 is 2. The summed E-state index contributed by atoms with van der Waals surface area (Å²) in [5, 5.41) is 3.09. The van der Waals surface area contributed by atoms with Crippen LogP contribution in [-0.4, -0.2) is 83.5 Å². The molecule has 0 amide bonds. The molecule has 0 aliphatic rings. The number of rotatable bonds is 9. The Bertz CT molecular complexity index is 609. The monoisotopic (exact) mass is 390 g/mol. The summed E-state index contributed by atoms with van der Waals surface area (Å²) < 4.78 is 47.5. The molecule has 0 aliphatic heterocycles. The highest BCUT2D eigenvalue weighted by Gasteiger charge is 2.28. The highest BCUT2D eigenvalue weighted by molar-refractivity contribution is 5.79. The number of guanidine groups is 1. The second-order valence-corrected chi connectivity index (χ2v) is 6.19. The fraction of sp³-hybridized carbons (Fsp3) is 0.611. The molecule has 0 fully saturated rings. The van der Waals surface area contributed by atoms with Gasteiger partial charge in [-0.2, -0.15) is 13.2 Å². The Kier molecular flexibility index (Phi) is 9.20. The van der Waals surface area contributed by atoms with E-state index in [2.05, 4.69) is 10.3 Å². The minimum Gasteiger partial charge on any atom is -0.493 e. The quantitative estimate of drug-likeness (QED) is 0.518. The van der Waals surface area contributed by atoms with E-state index in [1.807, 2.05) is 30.1 Å². The van der Waals surface area contributed by atoms with E-state index < -0.39 is 12.7 Å². The Hall–Kier alpha value is -2.16. The predicted octanol–water partition coefficient (Wildman–Crippen LogP) is 2.25. The minimum atomic E-state index is -4.19. The Labute approximate surface area is 158 Å². The normalized spacial score (nSPS) is 12.3. The number of halogens is 3. The predicted molar refractivity (Wildman–Crippen MR) is 101 cm³/mol. The van der Waals surface area contributed by atoms with Crippen molar-refractivity contribution >= 4 is 5.96 Å². The number of aliphatic imine (C=N–C) groups is 1. The van der Waals surface area contributed by atoms with E-state index in [-0.39, 0.29) is 6.54 Å². The number of hydrogen-bond donors (Lipinski definition) is 1. The van der Waals surface area contributed by atoms with Gasteiger partial charge in [0.05, 0.1) is 20.8 Å². The van der Waals surface area contributed by atoms with Crippen molar-refractivity contribution in [2.24, 2.45) is 4.99 Å². The van der Waals surface area contributed by atoms with Gasteiger partial charge < -0.3 is 19.7 Å². The summed E-state index contributed by atoms with van der Waals surface area (Å²) in [4.78, 5) is 7.34. The van der Waals surface area contributed by atoms with Gasteiger partial charge in [0.2, 0.25) is 0 Å². The second kappa shape index (κ2) is 10.9. The lowest BCUT2D eigenvalue weighted by Crippen LogP contribution is -2.43. The molecule has 154 valence electrons. The number of ether oxygens (including phenoxy) is 2. The lowest BCUT2D eigenvalue weighted by molar-refractivity contribution is -0.142. The summed E-state index contributed by atoms with van der Waals surface area (Å²) >= 11 is 0. The summed E-state index contributed by atoms with van der Waals surface area (Å²) in [6.45, 7) is 0.401. The SMILES string of the molecule is CN=C(NCCN(C)CC(F)(F)F)N(C)CCc1ccc(OC)c(OC)c1. The van der Waals surface area contributed by atoms with Crippen molar-refractivity contribution in [3.05, 3.63) is 23.8 Å². The fourth-order valence-corrected chi connectivity index (χ4v) is 2.57. The van der Waals surface area contributed by atoms with Crippen LogP contribution in [0.3, 0.4) is 0 Å². The Morgan fingerprint density at radius 1 is 1.11 bits per heavy atom. The molecule has 1 aromatic carbocycles. The molecule has 0 atom stereocenters. The molecule has 6 nitrogen and oxygen atoms in total. The molecule has 27 heavy (non-hydrogen) atoms. The third-order valence-corrected chi connectivity index (χ3v) is 3.98. The lowest BCUT2D eigenvalue weighted by atomic mass is 10.1. The third kappa shape index (κ3) is 8.38. The summed E-state index contributed by atoms with van der Waals surface area (Å²) in [5.74, 6) is 1.99. The average molecular weight is 390 g/mol. The van der Waals surface area contributed by atoms with Crippen molar-refractivity contribution in [1.29, 1.82) is 0 Å². The van der Waals surface area contributed by atoms with E-state index in [1.54, 1.807) is 21.3 Å². The van der Waals surface area contributed by atoms with Crippen molar-refractivity contribution in [2.75, 3.05) is 61.5 Å². The van der Waals surface area contributed by atoms with Crippen LogP contribution in [0.4, 0.5) is 13.2 Å². The number of nitrogens with one attached hydrogen (secondary N) is 1. The number of alkyl halides is 3. The fourth-order valence-electron chi connectivity index (χ4n) is 2.57. The zero-order valence-electron chi connectivity index (χ0n) is 16.6. The van der Waals surface area contributed by atoms with Crippen LogP contribution in [-0.2, 0) is 6.42 Å². The van der Waals surface area contributed by atoms with E-state index in [0.717, 1.165) is 12.0 Å². The maximum absolute atomic E-state index is 12.3. The van der Waals surface area contributed by atoms with Gasteiger partial charge in [-0.25, -0.2) is 0 Å². The van der Waals surface area contributed by atoms with Crippen LogP contribution in [0.25, 0.3) is 0 Å². The first-order valence-electron chi connectivity index (χ1n) is 8.58. The van der Waals surface area contributed by atoms with Gasteiger partial charge in [0.25, 0.3) is 0 Å². The van der Waals surface area contributed by atoms with Crippen LogP contribution < -0.4 is 14.8 Å². The Morgan fingerprint density at radius 3 is 2.33 bits per heavy atom. The van der Waals surface area contributed by atoms with Crippen LogP contribution >= 0.6 is 0 Å². The molecule has 0 heterocycles. The molecule has 0 bridgehead atoms. The molecule has 0 unspecified atom stereocenters. The number of likely N-dealkylation sites (N-methyl/N-ethyl adjacent to an activating group) is 2. The smallest absolute Gasteiger partial charge is 0.401 e. The second-order valence-electron chi connectivity index (χ2n) is 6.19. The molecule has 0 spiro atoms. The highest BCUT2D eigenvalue weighted by atomic mass is 19.4. The third-order valence-electron chi connectivity index (χ3n) is 3.98. The molecule has 1 rings (SSSR count). The first kappa shape index (κ1) is 22.9. The summed E-state index contributed by atoms with van der Waals surface area (Å²) in [5.41, 5.74) is 1.08. The van der Waals surface area contributed by atoms with Gasteiger partial charge in [0, 0.05) is 33.7 Å². The molecule has 0 aliphatic carbocycles. The van der Waals surface area contributed by atoms with Gasteiger partial charge in [0.15, 0.2) is 17.5 Å². The molecule has 0 saturated heterocycles. The van der Waals surface area contributed by atoms with Crippen molar-refractivity contribution in [3.63, 3.8) is 0 Å². The van der Waals surface area contributed by atoms with Crippen molar-refractivity contribution in [3.8, 4) is 11.5 Å². The summed E-state index contributed by atoms with van der Waals surface area (Å²) in [6, 6.07) is 5.75. The van der Waals surface area contributed by atoms with Crippen LogP contribution in [0.2, 0.25) is 0 Å². The average Bonchev–Trinajstić information content (AvgIpc) is 2.61. The van der Waals surface area contributed by atoms with Gasteiger partial charge >= 0.3 is 6.18 Å². The number of hydrogen-bond acceptors (Lipinski definition) is 4. The van der Waals surface area contributed by atoms with E-state index in [9.17, 15) is 13.2 Å². The minimum absolute atomic E-state index is 0.266. The maximum atomic E-state index is 12.3. The number of nitrogens with zero attached hydrogens (tertiary/aromatic N) is 3. The summed E-state index contributed by atoms with van der Waals surface area (Å²) in [7, 11) is 8.16. The Morgan fingerprint density at radius 2 is 1.78 bits per heavy atom. The molecule has 0 aromatic heterocycles. The molecule has 1 aromatic rings. The van der Waals surface area contributed by atoms with Crippen molar-refractivity contribution in [1.82, 2.24) is 15.1 Å². The largest absolute Gasteiger partial charge is 0.493 e. The van der Waals surface area contributed by atoms with Gasteiger partial charge in [-0.1, -0.05) is 6.07 Å². The molecular weight excluding hydrogens is 361 g/mol. The van der Waals surface area contributed by atoms with Gasteiger partial charge in [-0.15, -0.1) is 0 Å². The first-order chi connectivity index (χ1) is 12.7. The first-order valence-corrected chi connectivity index (χ1v) is 8.58. The Balaban J connectivity index is 2.49. The molecule has 9 heteroatoms. The molecule has 0 radical (unpaired) electrons. The van der Waals surface area contributed by atoms with Crippen LogP contribution in [0.15, 0.2) is 23.2 Å². The zero-order chi connectivity index (χ0) is 20.4. The van der Waals surface area contributed by atoms with Crippen molar-refractivity contribution in [2.45, 2.75) is 12.6 Å². The molecular formula is C18H29F3N4O2. The van der Waals surface area contributed by atoms with Gasteiger partial charge in [-0.05, 0) is 31.2 Å².